The van der Waals surface area contributed by atoms with Crippen molar-refractivity contribution in [3.05, 3.63) is 46.4 Å². The monoisotopic (exact) mass is 382 g/mol. The first-order chi connectivity index (χ1) is 12.7. The third kappa shape index (κ3) is 3.95. The number of amides is 1. The fourth-order valence-electron chi connectivity index (χ4n) is 2.59. The van der Waals surface area contributed by atoms with E-state index >= 15 is 0 Å². The zero-order chi connectivity index (χ0) is 18.5. The molecule has 26 heavy (non-hydrogen) atoms. The Kier molecular flexibility index (Phi) is 6.02. The molecule has 0 bridgehead atoms. The molecule has 0 fully saturated rings. The summed E-state index contributed by atoms with van der Waals surface area (Å²) in [5.74, 6) is 0.412. The van der Waals surface area contributed by atoms with E-state index in [1.54, 1.807) is 6.07 Å². The highest BCUT2D eigenvalue weighted by atomic mass is 32.2. The number of rotatable bonds is 5. The lowest BCUT2D eigenvalue weighted by Crippen LogP contribution is -1.99. The van der Waals surface area contributed by atoms with Gasteiger partial charge in [-0.1, -0.05) is 43.3 Å². The molecule has 0 aromatic heterocycles. The standard InChI is InChI=1S/C20H18N2O2S2/c1-3-4-9-24-18-15(12-21)8-7-14-6-5-13(10-16(14)18)11-17-19(23)22-20(25-2)26-17/h5-8,10-11H,3-4,9H2,1-2H3/b17-11+. The SMILES string of the molecule is CCCCOc1c(C#N)ccc2ccc(/C=C3/SC(SC)=NC3=O)cc12. The summed E-state index contributed by atoms with van der Waals surface area (Å²) < 4.78 is 6.68. The molecule has 0 radical (unpaired) electrons. The van der Waals surface area contributed by atoms with Crippen molar-refractivity contribution in [3.8, 4) is 11.8 Å². The Morgan fingerprint density at radius 1 is 1.35 bits per heavy atom. The summed E-state index contributed by atoms with van der Waals surface area (Å²) >= 11 is 2.86. The number of unbranched alkanes of at least 4 members (excludes halogenated alkanes) is 1. The van der Waals surface area contributed by atoms with Crippen molar-refractivity contribution in [2.24, 2.45) is 4.99 Å². The van der Waals surface area contributed by atoms with E-state index in [2.05, 4.69) is 18.0 Å². The lowest BCUT2D eigenvalue weighted by Gasteiger charge is -2.11. The van der Waals surface area contributed by atoms with Gasteiger partial charge in [0.1, 0.15) is 16.2 Å². The Hall–Kier alpha value is -2.23. The van der Waals surface area contributed by atoms with Gasteiger partial charge in [-0.05, 0) is 41.8 Å². The second-order valence-electron chi connectivity index (χ2n) is 5.73. The molecular weight excluding hydrogens is 364 g/mol. The van der Waals surface area contributed by atoms with E-state index in [1.165, 1.54) is 23.5 Å². The molecule has 3 rings (SSSR count). The maximum atomic E-state index is 12.0. The Labute approximate surface area is 161 Å². The van der Waals surface area contributed by atoms with Gasteiger partial charge >= 0.3 is 0 Å². The van der Waals surface area contributed by atoms with Crippen LogP contribution in [0.5, 0.6) is 5.75 Å². The third-order valence-electron chi connectivity index (χ3n) is 3.93. The van der Waals surface area contributed by atoms with E-state index in [0.29, 0.717) is 22.8 Å². The minimum Gasteiger partial charge on any atom is -0.492 e. The molecule has 0 N–H and O–H groups in total. The maximum absolute atomic E-state index is 12.0. The summed E-state index contributed by atoms with van der Waals surface area (Å²) in [4.78, 5) is 16.6. The van der Waals surface area contributed by atoms with Crippen LogP contribution in [0.15, 0.2) is 40.2 Å². The Morgan fingerprint density at radius 2 is 2.15 bits per heavy atom. The molecule has 1 amide bonds. The highest BCUT2D eigenvalue weighted by molar-refractivity contribution is 8.40. The second-order valence-corrected chi connectivity index (χ2v) is 7.82. The first-order valence-corrected chi connectivity index (χ1v) is 10.4. The minimum absolute atomic E-state index is 0.204. The molecule has 132 valence electrons. The minimum atomic E-state index is -0.204. The van der Waals surface area contributed by atoms with Crippen LogP contribution in [0.3, 0.4) is 0 Å². The van der Waals surface area contributed by atoms with E-state index in [-0.39, 0.29) is 5.91 Å². The predicted octanol–water partition coefficient (Wildman–Crippen LogP) is 5.22. The van der Waals surface area contributed by atoms with Crippen molar-refractivity contribution < 1.29 is 9.53 Å². The van der Waals surface area contributed by atoms with Gasteiger partial charge in [0.05, 0.1) is 17.1 Å². The zero-order valence-corrected chi connectivity index (χ0v) is 16.2. The number of hydrogen-bond acceptors (Lipinski definition) is 5. The number of benzene rings is 2. The first-order valence-electron chi connectivity index (χ1n) is 8.32. The van der Waals surface area contributed by atoms with Gasteiger partial charge in [0, 0.05) is 5.39 Å². The number of nitrogens with zero attached hydrogens (tertiary/aromatic N) is 2. The number of thioether (sulfide) groups is 2. The number of aliphatic imine (C=N–C) groups is 1. The smallest absolute Gasteiger partial charge is 0.285 e. The van der Waals surface area contributed by atoms with Gasteiger partial charge in [0.15, 0.2) is 0 Å². The second kappa shape index (κ2) is 8.43. The highest BCUT2D eigenvalue weighted by Gasteiger charge is 2.21. The van der Waals surface area contributed by atoms with E-state index in [0.717, 1.165) is 33.6 Å². The normalized spacial score (nSPS) is 15.3. The molecule has 0 spiro atoms. The third-order valence-corrected chi connectivity index (χ3v) is 5.90. The molecule has 0 saturated heterocycles. The van der Waals surface area contributed by atoms with Gasteiger partial charge in [0.25, 0.3) is 5.91 Å². The number of ether oxygens (including phenoxy) is 1. The largest absolute Gasteiger partial charge is 0.492 e. The molecule has 4 nitrogen and oxygen atoms in total. The lowest BCUT2D eigenvalue weighted by molar-refractivity contribution is -0.113. The average Bonchev–Trinajstić information content (AvgIpc) is 3.01. The van der Waals surface area contributed by atoms with Crippen molar-refractivity contribution in [2.75, 3.05) is 12.9 Å². The summed E-state index contributed by atoms with van der Waals surface area (Å²) in [5, 5.41) is 11.3. The summed E-state index contributed by atoms with van der Waals surface area (Å²) in [6, 6.07) is 11.8. The van der Waals surface area contributed by atoms with Crippen molar-refractivity contribution in [1.29, 1.82) is 5.26 Å². The molecule has 1 aliphatic rings. The van der Waals surface area contributed by atoms with Gasteiger partial charge in [-0.3, -0.25) is 4.79 Å². The summed E-state index contributed by atoms with van der Waals surface area (Å²) in [7, 11) is 0. The van der Waals surface area contributed by atoms with E-state index in [9.17, 15) is 10.1 Å². The predicted molar refractivity (Wildman–Crippen MR) is 111 cm³/mol. The van der Waals surface area contributed by atoms with Gasteiger partial charge < -0.3 is 4.74 Å². The van der Waals surface area contributed by atoms with Crippen LogP contribution in [-0.2, 0) is 4.79 Å². The fourth-order valence-corrected chi connectivity index (χ4v) is 4.01. The molecular formula is C20H18N2O2S2. The highest BCUT2D eigenvalue weighted by Crippen LogP contribution is 2.35. The zero-order valence-electron chi connectivity index (χ0n) is 14.6. The van der Waals surface area contributed by atoms with E-state index in [1.807, 2.05) is 36.6 Å². The molecule has 1 aliphatic heterocycles. The topological polar surface area (TPSA) is 62.4 Å². The lowest BCUT2D eigenvalue weighted by atomic mass is 10.0. The van der Waals surface area contributed by atoms with Crippen molar-refractivity contribution in [2.45, 2.75) is 19.8 Å². The van der Waals surface area contributed by atoms with E-state index < -0.39 is 0 Å². The molecule has 2 aromatic carbocycles. The van der Waals surface area contributed by atoms with Crippen LogP contribution >= 0.6 is 23.5 Å². The number of carbonyl (C=O) groups is 1. The molecule has 0 unspecified atom stereocenters. The molecule has 1 heterocycles. The average molecular weight is 383 g/mol. The van der Waals surface area contributed by atoms with Crippen LogP contribution in [-0.4, -0.2) is 23.1 Å². The van der Waals surface area contributed by atoms with Gasteiger partial charge in [-0.15, -0.1) is 11.8 Å². The summed E-state index contributed by atoms with van der Waals surface area (Å²) in [5.41, 5.74) is 1.42. The number of fused-ring (bicyclic) bond motifs is 1. The Bertz CT molecular complexity index is 958. The van der Waals surface area contributed by atoms with Crippen LogP contribution in [0.4, 0.5) is 0 Å². The first kappa shape index (κ1) is 18.6. The van der Waals surface area contributed by atoms with Crippen LogP contribution in [0, 0.1) is 11.3 Å². The van der Waals surface area contributed by atoms with Crippen molar-refractivity contribution in [1.82, 2.24) is 0 Å². The number of hydrogen-bond donors (Lipinski definition) is 0. The molecule has 2 aromatic rings. The Morgan fingerprint density at radius 3 is 2.85 bits per heavy atom. The van der Waals surface area contributed by atoms with Crippen LogP contribution in [0.25, 0.3) is 16.8 Å². The van der Waals surface area contributed by atoms with Crippen molar-refractivity contribution in [3.63, 3.8) is 0 Å². The van der Waals surface area contributed by atoms with Crippen LogP contribution < -0.4 is 4.74 Å². The van der Waals surface area contributed by atoms with Crippen LogP contribution in [0.1, 0.15) is 30.9 Å². The van der Waals surface area contributed by atoms with Gasteiger partial charge in [-0.25, -0.2) is 0 Å². The van der Waals surface area contributed by atoms with E-state index in [4.69, 9.17) is 4.74 Å². The van der Waals surface area contributed by atoms with Crippen LogP contribution in [0.2, 0.25) is 0 Å². The number of carbonyl (C=O) groups excluding carboxylic acids is 1. The number of nitriles is 1. The van der Waals surface area contributed by atoms with Crippen molar-refractivity contribution >= 4 is 50.7 Å². The van der Waals surface area contributed by atoms with Gasteiger partial charge in [-0.2, -0.15) is 10.3 Å². The fraction of sp³-hybridized carbons (Fsp3) is 0.250. The Balaban J connectivity index is 2.00. The maximum Gasteiger partial charge on any atom is 0.285 e. The summed E-state index contributed by atoms with van der Waals surface area (Å²) in [6.07, 6.45) is 5.71. The molecule has 0 atom stereocenters. The quantitative estimate of drug-likeness (QED) is 0.524. The van der Waals surface area contributed by atoms with Gasteiger partial charge in [0.2, 0.25) is 0 Å². The molecule has 6 heteroatoms. The summed E-state index contributed by atoms with van der Waals surface area (Å²) in [6.45, 7) is 2.68. The molecule has 0 saturated carbocycles. The molecule has 0 aliphatic carbocycles.